The van der Waals surface area contributed by atoms with Gasteiger partial charge in [-0.25, -0.2) is 0 Å². The van der Waals surface area contributed by atoms with E-state index in [-0.39, 0.29) is 24.7 Å². The largest absolute Gasteiger partial charge is 0.507 e. The molecule has 1 N–H and O–H groups in total. The van der Waals surface area contributed by atoms with Crippen molar-refractivity contribution in [3.05, 3.63) is 89.5 Å². The molecule has 0 spiro atoms. The van der Waals surface area contributed by atoms with Crippen LogP contribution in [0.1, 0.15) is 22.7 Å². The Hall–Kier alpha value is -4.20. The number of rotatable bonds is 4. The number of aliphatic hydroxyl groups is 1. The van der Waals surface area contributed by atoms with Crippen LogP contribution in [0.2, 0.25) is 0 Å². The highest BCUT2D eigenvalue weighted by Crippen LogP contribution is 2.41. The maximum absolute atomic E-state index is 13.0. The molecular formula is C23H17N3O5. The summed E-state index contributed by atoms with van der Waals surface area (Å²) < 4.78 is 10.7. The fraction of sp³-hybridized carbons (Fsp3) is 0.130. The molecule has 5 rings (SSSR count). The molecule has 8 nitrogen and oxygen atoms in total. The summed E-state index contributed by atoms with van der Waals surface area (Å²) in [5.41, 5.74) is 1.87. The van der Waals surface area contributed by atoms with Crippen LogP contribution in [0.25, 0.3) is 5.76 Å². The highest BCUT2D eigenvalue weighted by Gasteiger charge is 2.46. The third kappa shape index (κ3) is 3.28. The number of fused-ring (bicyclic) bond motifs is 1. The van der Waals surface area contributed by atoms with Crippen LogP contribution < -0.4 is 9.47 Å². The smallest absolute Gasteiger partial charge is 0.295 e. The van der Waals surface area contributed by atoms with Gasteiger partial charge in [-0.2, -0.15) is 0 Å². The Balaban J connectivity index is 1.63. The lowest BCUT2D eigenvalue weighted by atomic mass is 9.95. The number of likely N-dealkylation sites (tertiary alicyclic amines) is 1. The molecule has 2 aliphatic heterocycles. The summed E-state index contributed by atoms with van der Waals surface area (Å²) in [6, 6.07) is 11.1. The number of benzene rings is 1. The topological polar surface area (TPSA) is 102 Å². The number of hydrogen-bond acceptors (Lipinski definition) is 7. The molecule has 1 atom stereocenters. The Morgan fingerprint density at radius 1 is 0.968 bits per heavy atom. The molecular weight excluding hydrogens is 398 g/mol. The van der Waals surface area contributed by atoms with Crippen LogP contribution in [0.5, 0.6) is 11.5 Å². The van der Waals surface area contributed by atoms with Gasteiger partial charge in [-0.15, -0.1) is 0 Å². The average molecular weight is 415 g/mol. The SMILES string of the molecule is O=C1C(=O)N(Cc2ccncc2)C(c2ccncc2)/C1=C(/O)c1ccc2c(c1)OCO2. The van der Waals surface area contributed by atoms with Crippen LogP contribution >= 0.6 is 0 Å². The fourth-order valence-electron chi connectivity index (χ4n) is 3.82. The van der Waals surface area contributed by atoms with Crippen LogP contribution in [0.3, 0.4) is 0 Å². The van der Waals surface area contributed by atoms with Gasteiger partial charge >= 0.3 is 0 Å². The van der Waals surface area contributed by atoms with Gasteiger partial charge in [0.1, 0.15) is 5.76 Å². The number of aliphatic hydroxyl groups excluding tert-OH is 1. The number of ether oxygens (including phenoxy) is 2. The van der Waals surface area contributed by atoms with E-state index in [4.69, 9.17) is 9.47 Å². The van der Waals surface area contributed by atoms with Crippen LogP contribution in [0, 0.1) is 0 Å². The number of hydrogen-bond donors (Lipinski definition) is 1. The molecule has 1 amide bonds. The van der Waals surface area contributed by atoms with E-state index in [9.17, 15) is 14.7 Å². The number of amides is 1. The zero-order chi connectivity index (χ0) is 21.4. The number of carbonyl (C=O) groups excluding carboxylic acids is 2. The highest BCUT2D eigenvalue weighted by molar-refractivity contribution is 6.46. The first-order valence-electron chi connectivity index (χ1n) is 9.61. The van der Waals surface area contributed by atoms with Gasteiger partial charge in [0.15, 0.2) is 11.5 Å². The van der Waals surface area contributed by atoms with Gasteiger partial charge in [0.05, 0.1) is 11.6 Å². The van der Waals surface area contributed by atoms with Crippen molar-refractivity contribution in [3.8, 4) is 11.5 Å². The molecule has 31 heavy (non-hydrogen) atoms. The van der Waals surface area contributed by atoms with Gasteiger partial charge in [0, 0.05) is 36.9 Å². The van der Waals surface area contributed by atoms with Crippen molar-refractivity contribution in [2.45, 2.75) is 12.6 Å². The lowest BCUT2D eigenvalue weighted by molar-refractivity contribution is -0.140. The Morgan fingerprint density at radius 3 is 2.39 bits per heavy atom. The quantitative estimate of drug-likeness (QED) is 0.397. The summed E-state index contributed by atoms with van der Waals surface area (Å²) in [5, 5.41) is 11.1. The number of aromatic nitrogens is 2. The minimum absolute atomic E-state index is 0.0177. The van der Waals surface area contributed by atoms with Crippen LogP contribution in [-0.2, 0) is 16.1 Å². The summed E-state index contributed by atoms with van der Waals surface area (Å²) in [6.07, 6.45) is 6.42. The zero-order valence-corrected chi connectivity index (χ0v) is 16.3. The molecule has 1 fully saturated rings. The zero-order valence-electron chi connectivity index (χ0n) is 16.3. The van der Waals surface area contributed by atoms with E-state index in [1.165, 1.54) is 4.90 Å². The predicted octanol–water partition coefficient (Wildman–Crippen LogP) is 2.83. The van der Waals surface area contributed by atoms with E-state index < -0.39 is 17.7 Å². The summed E-state index contributed by atoms with van der Waals surface area (Å²) in [7, 11) is 0. The summed E-state index contributed by atoms with van der Waals surface area (Å²) in [4.78, 5) is 35.5. The molecule has 0 saturated carbocycles. The molecule has 0 radical (unpaired) electrons. The second kappa shape index (κ2) is 7.56. The summed E-state index contributed by atoms with van der Waals surface area (Å²) >= 11 is 0. The molecule has 0 bridgehead atoms. The summed E-state index contributed by atoms with van der Waals surface area (Å²) in [6.45, 7) is 0.283. The Labute approximate surface area is 177 Å². The second-order valence-corrected chi connectivity index (χ2v) is 7.13. The molecule has 3 aromatic rings. The monoisotopic (exact) mass is 415 g/mol. The molecule has 1 saturated heterocycles. The number of Topliss-reactive ketones (excluding diaryl/α,β-unsaturated/α-hetero) is 1. The number of carbonyl (C=O) groups is 2. The van der Waals surface area contributed by atoms with Crippen molar-refractivity contribution >= 4 is 17.4 Å². The first kappa shape index (κ1) is 18.8. The van der Waals surface area contributed by atoms with E-state index in [1.807, 2.05) is 0 Å². The van der Waals surface area contributed by atoms with E-state index in [1.54, 1.807) is 67.3 Å². The van der Waals surface area contributed by atoms with Crippen LogP contribution in [0.15, 0.2) is 72.8 Å². The van der Waals surface area contributed by atoms with Crippen LogP contribution in [0.4, 0.5) is 0 Å². The third-order valence-electron chi connectivity index (χ3n) is 5.31. The minimum atomic E-state index is -0.762. The second-order valence-electron chi connectivity index (χ2n) is 7.13. The first-order valence-corrected chi connectivity index (χ1v) is 9.61. The van der Waals surface area contributed by atoms with Crippen molar-refractivity contribution in [3.63, 3.8) is 0 Å². The van der Waals surface area contributed by atoms with Crippen molar-refractivity contribution < 1.29 is 24.2 Å². The molecule has 8 heteroatoms. The van der Waals surface area contributed by atoms with Crippen molar-refractivity contribution in [2.75, 3.05) is 6.79 Å². The van der Waals surface area contributed by atoms with Gasteiger partial charge in [0.2, 0.25) is 6.79 Å². The van der Waals surface area contributed by atoms with E-state index in [0.717, 1.165) is 5.56 Å². The van der Waals surface area contributed by atoms with Crippen molar-refractivity contribution in [1.82, 2.24) is 14.9 Å². The highest BCUT2D eigenvalue weighted by atomic mass is 16.7. The summed E-state index contributed by atoms with van der Waals surface area (Å²) in [5.74, 6) is -0.668. The molecule has 2 aliphatic rings. The van der Waals surface area contributed by atoms with Crippen molar-refractivity contribution in [1.29, 1.82) is 0 Å². The number of nitrogens with zero attached hydrogens (tertiary/aromatic N) is 3. The van der Waals surface area contributed by atoms with Gasteiger partial charge in [-0.05, 0) is 53.6 Å². The van der Waals surface area contributed by atoms with Gasteiger partial charge < -0.3 is 19.5 Å². The molecule has 1 unspecified atom stereocenters. The standard InChI is InChI=1S/C23H17N3O5/c27-21(16-1-2-17-18(11-16)31-13-30-17)19-20(15-5-9-25-10-6-15)26(23(29)22(19)28)12-14-3-7-24-8-4-14/h1-11,20,27H,12-13H2/b21-19-. The predicted molar refractivity (Wildman–Crippen MR) is 109 cm³/mol. The molecule has 154 valence electrons. The Kier molecular flexibility index (Phi) is 4.59. The Morgan fingerprint density at radius 2 is 1.65 bits per heavy atom. The maximum Gasteiger partial charge on any atom is 0.295 e. The molecule has 0 aliphatic carbocycles. The lowest BCUT2D eigenvalue weighted by Gasteiger charge is -2.25. The minimum Gasteiger partial charge on any atom is -0.507 e. The normalized spacial score (nSPS) is 19.1. The molecule has 2 aromatic heterocycles. The van der Waals surface area contributed by atoms with E-state index in [2.05, 4.69) is 9.97 Å². The first-order chi connectivity index (χ1) is 15.1. The van der Waals surface area contributed by atoms with E-state index in [0.29, 0.717) is 22.6 Å². The van der Waals surface area contributed by atoms with Crippen LogP contribution in [-0.4, -0.2) is 38.5 Å². The number of ketones is 1. The lowest BCUT2D eigenvalue weighted by Crippen LogP contribution is -2.29. The third-order valence-corrected chi connectivity index (χ3v) is 5.31. The Bertz CT molecular complexity index is 1190. The average Bonchev–Trinajstić information content (AvgIpc) is 3.38. The molecule has 4 heterocycles. The van der Waals surface area contributed by atoms with Gasteiger partial charge in [-0.1, -0.05) is 0 Å². The number of pyridine rings is 2. The fourth-order valence-corrected chi connectivity index (χ4v) is 3.82. The van der Waals surface area contributed by atoms with E-state index >= 15 is 0 Å². The maximum atomic E-state index is 13.0. The van der Waals surface area contributed by atoms with Crippen molar-refractivity contribution in [2.24, 2.45) is 0 Å². The molecule has 1 aromatic carbocycles. The van der Waals surface area contributed by atoms with Gasteiger partial charge in [-0.3, -0.25) is 19.6 Å². The van der Waals surface area contributed by atoms with Gasteiger partial charge in [0.25, 0.3) is 11.7 Å².